The fraction of sp³-hybridized carbons (Fsp3) is 0.280. The second-order valence-electron chi connectivity index (χ2n) is 8.89. The number of hydrogen-bond donors (Lipinski definition) is 2. The number of aliphatic hydroxyl groups is 1. The fourth-order valence-corrected chi connectivity index (χ4v) is 4.64. The third-order valence-electron chi connectivity index (χ3n) is 6.30. The third kappa shape index (κ3) is 3.35. The fourth-order valence-electron chi connectivity index (χ4n) is 4.64. The van der Waals surface area contributed by atoms with Gasteiger partial charge in [-0.05, 0) is 56.5 Å². The van der Waals surface area contributed by atoms with Gasteiger partial charge in [0.15, 0.2) is 11.5 Å². The monoisotopic (exact) mass is 431 g/mol. The number of methoxy groups -OCH3 is 1. The summed E-state index contributed by atoms with van der Waals surface area (Å²) < 4.78 is 11.7. The minimum Gasteiger partial charge on any atom is -0.493 e. The quantitative estimate of drug-likeness (QED) is 0.549. The van der Waals surface area contributed by atoms with Gasteiger partial charge < -0.3 is 14.6 Å². The van der Waals surface area contributed by atoms with Crippen molar-refractivity contribution < 1.29 is 19.2 Å². The molecule has 3 aliphatic rings. The Morgan fingerprint density at radius 3 is 2.59 bits per heavy atom. The Morgan fingerprint density at radius 1 is 1.16 bits per heavy atom. The van der Waals surface area contributed by atoms with Crippen LogP contribution in [0.3, 0.4) is 0 Å². The molecule has 0 aromatic heterocycles. The standard InChI is InChI=1S/C25H27N4O3/c1-16-11-22(32-18-7-5-4-6-8-18)21(31-3)12-19(16)24-28-23(17-13-25(2,30)14-17)20-15-27-9-10-29(20,24)26/h4-12,15,17,30H,13-14,26H2,1-3H3/q+1. The van der Waals surface area contributed by atoms with Crippen LogP contribution in [0.2, 0.25) is 0 Å². The minimum absolute atomic E-state index is 0.0552. The van der Waals surface area contributed by atoms with E-state index in [-0.39, 0.29) is 10.5 Å². The number of benzene rings is 2. The Kier molecular flexibility index (Phi) is 4.78. The van der Waals surface area contributed by atoms with Crippen LogP contribution < -0.4 is 15.3 Å². The van der Waals surface area contributed by atoms with E-state index < -0.39 is 5.60 Å². The molecule has 2 heterocycles. The molecule has 1 fully saturated rings. The summed E-state index contributed by atoms with van der Waals surface area (Å²) in [7, 11) is 1.62. The van der Waals surface area contributed by atoms with E-state index in [2.05, 4.69) is 4.99 Å². The molecule has 1 saturated carbocycles. The number of aliphatic imine (C=N–C) groups is 2. The number of ether oxygens (including phenoxy) is 2. The molecule has 2 aromatic carbocycles. The van der Waals surface area contributed by atoms with Crippen LogP contribution >= 0.6 is 0 Å². The number of hydrogen-bond acceptors (Lipinski definition) is 6. The van der Waals surface area contributed by atoms with Crippen LogP contribution in [0.5, 0.6) is 17.2 Å². The molecule has 0 bridgehead atoms. The summed E-state index contributed by atoms with van der Waals surface area (Å²) in [5.41, 5.74) is 2.92. The molecule has 5 rings (SSSR count). The second-order valence-corrected chi connectivity index (χ2v) is 8.89. The van der Waals surface area contributed by atoms with Crippen LogP contribution in [-0.4, -0.2) is 34.5 Å². The number of para-hydroxylation sites is 1. The molecule has 32 heavy (non-hydrogen) atoms. The van der Waals surface area contributed by atoms with Crippen LogP contribution in [0.15, 0.2) is 76.2 Å². The van der Waals surface area contributed by atoms with Gasteiger partial charge in [-0.15, -0.1) is 4.59 Å². The molecular formula is C25H27N4O3+. The molecule has 3 N–H and O–H groups in total. The smallest absolute Gasteiger partial charge is 0.265 e. The number of fused-ring (bicyclic) bond motifs is 1. The number of aryl methyl sites for hydroxylation is 1. The van der Waals surface area contributed by atoms with Crippen LogP contribution in [0, 0.1) is 12.8 Å². The molecule has 0 saturated heterocycles. The zero-order valence-corrected chi connectivity index (χ0v) is 18.4. The summed E-state index contributed by atoms with van der Waals surface area (Å²) in [5, 5.41) is 10.3. The van der Waals surface area contributed by atoms with Crippen molar-refractivity contribution in [3.05, 3.63) is 77.4 Å². The number of amidine groups is 1. The minimum atomic E-state index is -0.655. The highest BCUT2D eigenvalue weighted by Crippen LogP contribution is 2.47. The molecule has 1 atom stereocenters. The molecule has 0 radical (unpaired) electrons. The van der Waals surface area contributed by atoms with Gasteiger partial charge in [0.25, 0.3) is 5.84 Å². The van der Waals surface area contributed by atoms with E-state index in [0.717, 1.165) is 28.3 Å². The molecule has 7 heteroatoms. The molecule has 164 valence electrons. The van der Waals surface area contributed by atoms with E-state index >= 15 is 0 Å². The number of allylic oxidation sites excluding steroid dienone is 2. The van der Waals surface area contributed by atoms with E-state index in [1.807, 2.05) is 62.5 Å². The lowest BCUT2D eigenvalue weighted by atomic mass is 9.70. The summed E-state index contributed by atoms with van der Waals surface area (Å²) >= 11 is 0. The van der Waals surface area contributed by atoms with E-state index in [0.29, 0.717) is 30.2 Å². The average Bonchev–Trinajstić information content (AvgIpc) is 3.05. The lowest BCUT2D eigenvalue weighted by molar-refractivity contribution is -0.750. The lowest BCUT2D eigenvalue weighted by Crippen LogP contribution is -2.53. The highest BCUT2D eigenvalue weighted by Gasteiger charge is 2.50. The predicted octanol–water partition coefficient (Wildman–Crippen LogP) is 4.17. The van der Waals surface area contributed by atoms with Gasteiger partial charge in [-0.25, -0.2) is 0 Å². The molecule has 0 spiro atoms. The maximum atomic E-state index is 10.3. The lowest BCUT2D eigenvalue weighted by Gasteiger charge is -2.40. The maximum absolute atomic E-state index is 10.3. The first-order valence-corrected chi connectivity index (χ1v) is 10.7. The largest absolute Gasteiger partial charge is 0.493 e. The maximum Gasteiger partial charge on any atom is 0.265 e. The van der Waals surface area contributed by atoms with E-state index in [4.69, 9.17) is 20.3 Å². The molecule has 1 unspecified atom stereocenters. The summed E-state index contributed by atoms with van der Waals surface area (Å²) in [6, 6.07) is 13.5. The molecule has 2 aromatic rings. The predicted molar refractivity (Wildman–Crippen MR) is 123 cm³/mol. The molecule has 1 aliphatic carbocycles. The number of quaternary nitrogens is 1. The van der Waals surface area contributed by atoms with Gasteiger partial charge in [0.05, 0.1) is 30.7 Å². The van der Waals surface area contributed by atoms with E-state index in [9.17, 15) is 5.11 Å². The Balaban J connectivity index is 1.55. The SMILES string of the molecule is COc1cc(C2=NC(C3CC(C)(O)C3)=C3C=NC=C[N+]23N)c(C)cc1Oc1ccccc1. The third-order valence-corrected chi connectivity index (χ3v) is 6.30. The van der Waals surface area contributed by atoms with E-state index in [1.54, 1.807) is 19.5 Å². The first kappa shape index (κ1) is 20.6. The van der Waals surface area contributed by atoms with Crippen molar-refractivity contribution in [3.8, 4) is 17.2 Å². The zero-order chi connectivity index (χ0) is 22.5. The number of nitrogens with zero attached hydrogens (tertiary/aromatic N) is 3. The Labute approximate surface area is 187 Å². The Bertz CT molecular complexity index is 1190. The number of rotatable bonds is 5. The van der Waals surface area contributed by atoms with Crippen LogP contribution in [-0.2, 0) is 0 Å². The molecular weight excluding hydrogens is 404 g/mol. The normalized spacial score (nSPS) is 28.3. The van der Waals surface area contributed by atoms with Crippen molar-refractivity contribution in [1.29, 1.82) is 0 Å². The van der Waals surface area contributed by atoms with Crippen molar-refractivity contribution in [2.24, 2.45) is 21.7 Å². The van der Waals surface area contributed by atoms with Gasteiger partial charge in [0.2, 0.25) is 5.70 Å². The van der Waals surface area contributed by atoms with Gasteiger partial charge in [0, 0.05) is 5.92 Å². The first-order chi connectivity index (χ1) is 15.3. The summed E-state index contributed by atoms with van der Waals surface area (Å²) in [6.45, 7) is 3.86. The van der Waals surface area contributed by atoms with Crippen molar-refractivity contribution in [1.82, 2.24) is 0 Å². The van der Waals surface area contributed by atoms with Gasteiger partial charge in [0.1, 0.15) is 17.6 Å². The Hall–Kier alpha value is -3.26. The van der Waals surface area contributed by atoms with Crippen molar-refractivity contribution in [2.45, 2.75) is 32.3 Å². The summed E-state index contributed by atoms with van der Waals surface area (Å²) in [4.78, 5) is 9.30. The molecule has 2 aliphatic heterocycles. The van der Waals surface area contributed by atoms with E-state index in [1.165, 1.54) is 0 Å². The van der Waals surface area contributed by atoms with Crippen molar-refractivity contribution in [2.75, 3.05) is 7.11 Å². The van der Waals surface area contributed by atoms with Crippen LogP contribution in [0.1, 0.15) is 30.9 Å². The van der Waals surface area contributed by atoms with Crippen LogP contribution in [0.25, 0.3) is 0 Å². The van der Waals surface area contributed by atoms with Crippen LogP contribution in [0.4, 0.5) is 0 Å². The summed E-state index contributed by atoms with van der Waals surface area (Å²) in [5.74, 6) is 9.68. The van der Waals surface area contributed by atoms with Crippen molar-refractivity contribution >= 4 is 12.1 Å². The Morgan fingerprint density at radius 2 is 1.91 bits per heavy atom. The zero-order valence-electron chi connectivity index (χ0n) is 18.4. The van der Waals surface area contributed by atoms with Crippen molar-refractivity contribution in [3.63, 3.8) is 0 Å². The second kappa shape index (κ2) is 7.41. The summed E-state index contributed by atoms with van der Waals surface area (Å²) in [6.07, 6.45) is 6.62. The van der Waals surface area contributed by atoms with Gasteiger partial charge >= 0.3 is 0 Å². The topological polar surface area (TPSA) is 89.4 Å². The molecule has 7 nitrogen and oxygen atoms in total. The molecule has 0 amide bonds. The van der Waals surface area contributed by atoms with Gasteiger partial charge in [-0.2, -0.15) is 10.8 Å². The van der Waals surface area contributed by atoms with Gasteiger partial charge in [-0.3, -0.25) is 4.99 Å². The first-order valence-electron chi connectivity index (χ1n) is 10.7. The number of nitrogens with two attached hydrogens (primary N) is 1. The highest BCUT2D eigenvalue weighted by molar-refractivity contribution is 6.02. The van der Waals surface area contributed by atoms with Gasteiger partial charge in [-0.1, -0.05) is 18.2 Å². The average molecular weight is 432 g/mol. The highest BCUT2D eigenvalue weighted by atomic mass is 16.5.